The van der Waals surface area contributed by atoms with Gasteiger partial charge >= 0.3 is 6.09 Å². The predicted molar refractivity (Wildman–Crippen MR) is 86.6 cm³/mol. The standard InChI is InChI=1S/C17H27N3O2/c1-13-6-7-14(11-19-13)10-18-12-17(8-5-9-17)20-15(21)22-16(2,3)4/h6-7,11,18H,5,8-10,12H2,1-4H3,(H,20,21). The maximum Gasteiger partial charge on any atom is 0.408 e. The number of carbonyl (C=O) groups is 1. The quantitative estimate of drug-likeness (QED) is 0.878. The molecule has 0 bridgehead atoms. The maximum atomic E-state index is 12.0. The van der Waals surface area contributed by atoms with Crippen molar-refractivity contribution in [3.63, 3.8) is 0 Å². The molecule has 0 unspecified atom stereocenters. The van der Waals surface area contributed by atoms with Gasteiger partial charge in [0, 0.05) is 25.0 Å². The van der Waals surface area contributed by atoms with Crippen LogP contribution in [0.2, 0.25) is 0 Å². The molecule has 1 aliphatic rings. The van der Waals surface area contributed by atoms with E-state index in [0.29, 0.717) is 0 Å². The first-order chi connectivity index (χ1) is 10.3. The summed E-state index contributed by atoms with van der Waals surface area (Å²) < 4.78 is 5.36. The highest BCUT2D eigenvalue weighted by atomic mass is 16.6. The van der Waals surface area contributed by atoms with Gasteiger partial charge in [0.15, 0.2) is 0 Å². The molecule has 0 aromatic carbocycles. The summed E-state index contributed by atoms with van der Waals surface area (Å²) in [5, 5.41) is 6.46. The van der Waals surface area contributed by atoms with Crippen molar-refractivity contribution in [1.29, 1.82) is 0 Å². The zero-order chi connectivity index (χ0) is 16.2. The van der Waals surface area contributed by atoms with Gasteiger partial charge in [-0.05, 0) is 58.6 Å². The number of aromatic nitrogens is 1. The lowest BCUT2D eigenvalue weighted by atomic mass is 9.76. The lowest BCUT2D eigenvalue weighted by Gasteiger charge is -2.42. The summed E-state index contributed by atoms with van der Waals surface area (Å²) in [4.78, 5) is 16.3. The lowest BCUT2D eigenvalue weighted by Crippen LogP contribution is -2.59. The Morgan fingerprint density at radius 1 is 1.36 bits per heavy atom. The van der Waals surface area contributed by atoms with Crippen LogP contribution in [-0.4, -0.2) is 28.8 Å². The number of aryl methyl sites for hydroxylation is 1. The summed E-state index contributed by atoms with van der Waals surface area (Å²) in [7, 11) is 0. The summed E-state index contributed by atoms with van der Waals surface area (Å²) in [6, 6.07) is 4.08. The molecule has 0 spiro atoms. The molecule has 0 radical (unpaired) electrons. The van der Waals surface area contributed by atoms with Gasteiger partial charge in [0.05, 0.1) is 5.54 Å². The number of nitrogens with zero attached hydrogens (tertiary/aromatic N) is 1. The van der Waals surface area contributed by atoms with Crippen molar-refractivity contribution in [2.75, 3.05) is 6.54 Å². The van der Waals surface area contributed by atoms with E-state index in [1.165, 1.54) is 0 Å². The average Bonchev–Trinajstić information content (AvgIpc) is 2.36. The molecule has 5 heteroatoms. The maximum absolute atomic E-state index is 12.0. The Morgan fingerprint density at radius 2 is 2.09 bits per heavy atom. The smallest absolute Gasteiger partial charge is 0.408 e. The van der Waals surface area contributed by atoms with Gasteiger partial charge in [-0.1, -0.05) is 6.07 Å². The van der Waals surface area contributed by atoms with E-state index >= 15 is 0 Å². The van der Waals surface area contributed by atoms with Gasteiger partial charge in [0.2, 0.25) is 0 Å². The number of amides is 1. The second kappa shape index (κ2) is 6.65. The van der Waals surface area contributed by atoms with E-state index in [1.807, 2.05) is 40.0 Å². The Balaban J connectivity index is 1.81. The van der Waals surface area contributed by atoms with E-state index in [4.69, 9.17) is 4.74 Å². The molecular formula is C17H27N3O2. The van der Waals surface area contributed by atoms with Crippen molar-refractivity contribution < 1.29 is 9.53 Å². The van der Waals surface area contributed by atoms with Crippen LogP contribution in [0.25, 0.3) is 0 Å². The van der Waals surface area contributed by atoms with E-state index in [9.17, 15) is 4.79 Å². The molecular weight excluding hydrogens is 278 g/mol. The summed E-state index contributed by atoms with van der Waals surface area (Å²) in [5.41, 5.74) is 1.54. The molecule has 5 nitrogen and oxygen atoms in total. The minimum atomic E-state index is -0.462. The fourth-order valence-electron chi connectivity index (χ4n) is 2.52. The van der Waals surface area contributed by atoms with Crippen LogP contribution in [0.3, 0.4) is 0 Å². The van der Waals surface area contributed by atoms with Crippen LogP contribution < -0.4 is 10.6 Å². The Hall–Kier alpha value is -1.62. The fraction of sp³-hybridized carbons (Fsp3) is 0.647. The molecule has 2 rings (SSSR count). The molecule has 0 atom stereocenters. The molecule has 1 fully saturated rings. The van der Waals surface area contributed by atoms with E-state index in [0.717, 1.165) is 43.6 Å². The zero-order valence-electron chi connectivity index (χ0n) is 14.0. The third-order valence-electron chi connectivity index (χ3n) is 3.84. The van der Waals surface area contributed by atoms with Crippen LogP contribution >= 0.6 is 0 Å². The summed E-state index contributed by atoms with van der Waals surface area (Å²) >= 11 is 0. The second-order valence-corrected chi connectivity index (χ2v) is 7.17. The van der Waals surface area contributed by atoms with E-state index in [1.54, 1.807) is 0 Å². The fourth-order valence-corrected chi connectivity index (χ4v) is 2.52. The minimum absolute atomic E-state index is 0.166. The molecule has 122 valence electrons. The normalized spacial score (nSPS) is 16.7. The lowest BCUT2D eigenvalue weighted by molar-refractivity contribution is 0.0382. The van der Waals surface area contributed by atoms with Crippen molar-refractivity contribution in [2.24, 2.45) is 0 Å². The van der Waals surface area contributed by atoms with Gasteiger partial charge in [-0.25, -0.2) is 4.79 Å². The summed E-state index contributed by atoms with van der Waals surface area (Å²) in [5.74, 6) is 0. The van der Waals surface area contributed by atoms with E-state index in [-0.39, 0.29) is 11.6 Å². The van der Waals surface area contributed by atoms with Gasteiger partial charge in [-0.3, -0.25) is 4.98 Å². The Kier molecular flexibility index (Phi) is 5.06. The highest BCUT2D eigenvalue weighted by molar-refractivity contribution is 5.69. The van der Waals surface area contributed by atoms with Crippen molar-refractivity contribution in [1.82, 2.24) is 15.6 Å². The Bertz CT molecular complexity index is 502. The van der Waals surface area contributed by atoms with Crippen molar-refractivity contribution in [3.8, 4) is 0 Å². The SMILES string of the molecule is Cc1ccc(CNCC2(NC(=O)OC(C)(C)C)CCC2)cn1. The first-order valence-corrected chi connectivity index (χ1v) is 7.91. The van der Waals surface area contributed by atoms with Crippen LogP contribution in [-0.2, 0) is 11.3 Å². The van der Waals surface area contributed by atoms with E-state index < -0.39 is 5.60 Å². The first-order valence-electron chi connectivity index (χ1n) is 7.91. The van der Waals surface area contributed by atoms with E-state index in [2.05, 4.69) is 21.7 Å². The van der Waals surface area contributed by atoms with Crippen molar-refractivity contribution in [2.45, 2.75) is 64.6 Å². The van der Waals surface area contributed by atoms with Crippen LogP contribution in [0.15, 0.2) is 18.3 Å². The molecule has 0 saturated heterocycles. The number of hydrogen-bond donors (Lipinski definition) is 2. The molecule has 1 aliphatic carbocycles. The van der Waals surface area contributed by atoms with Gasteiger partial charge in [-0.2, -0.15) is 0 Å². The van der Waals surface area contributed by atoms with Crippen LogP contribution in [0.5, 0.6) is 0 Å². The van der Waals surface area contributed by atoms with Gasteiger partial charge in [0.1, 0.15) is 5.60 Å². The van der Waals surface area contributed by atoms with Gasteiger partial charge in [-0.15, -0.1) is 0 Å². The molecule has 1 aromatic heterocycles. The molecule has 1 amide bonds. The van der Waals surface area contributed by atoms with Crippen LogP contribution in [0.1, 0.15) is 51.3 Å². The molecule has 0 aliphatic heterocycles. The van der Waals surface area contributed by atoms with Gasteiger partial charge in [0.25, 0.3) is 0 Å². The minimum Gasteiger partial charge on any atom is -0.444 e. The number of carbonyl (C=O) groups excluding carboxylic acids is 1. The third kappa shape index (κ3) is 4.98. The molecule has 1 aromatic rings. The molecule has 1 saturated carbocycles. The topological polar surface area (TPSA) is 63.2 Å². The molecule has 22 heavy (non-hydrogen) atoms. The Morgan fingerprint density at radius 3 is 2.59 bits per heavy atom. The van der Waals surface area contributed by atoms with Crippen LogP contribution in [0, 0.1) is 6.92 Å². The summed E-state index contributed by atoms with van der Waals surface area (Å²) in [6.07, 6.45) is 4.68. The third-order valence-corrected chi connectivity index (χ3v) is 3.84. The number of hydrogen-bond acceptors (Lipinski definition) is 4. The zero-order valence-corrected chi connectivity index (χ0v) is 14.0. The Labute approximate surface area is 132 Å². The van der Waals surface area contributed by atoms with Crippen molar-refractivity contribution in [3.05, 3.63) is 29.6 Å². The van der Waals surface area contributed by atoms with Crippen LogP contribution in [0.4, 0.5) is 4.79 Å². The highest BCUT2D eigenvalue weighted by Gasteiger charge is 2.39. The average molecular weight is 305 g/mol. The highest BCUT2D eigenvalue weighted by Crippen LogP contribution is 2.31. The number of rotatable bonds is 5. The number of ether oxygens (including phenoxy) is 1. The molecule has 2 N–H and O–H groups in total. The largest absolute Gasteiger partial charge is 0.444 e. The summed E-state index contributed by atoms with van der Waals surface area (Å²) in [6.45, 7) is 9.12. The molecule has 1 heterocycles. The first kappa shape index (κ1) is 16.7. The van der Waals surface area contributed by atoms with Crippen molar-refractivity contribution >= 4 is 6.09 Å². The number of pyridine rings is 1. The van der Waals surface area contributed by atoms with Gasteiger partial charge < -0.3 is 15.4 Å². The predicted octanol–water partition coefficient (Wildman–Crippen LogP) is 2.93. The monoisotopic (exact) mass is 305 g/mol. The number of nitrogens with one attached hydrogen (secondary N) is 2. The second-order valence-electron chi connectivity index (χ2n) is 7.17. The number of alkyl carbamates (subject to hydrolysis) is 1.